The van der Waals surface area contributed by atoms with E-state index in [1.807, 2.05) is 6.07 Å². The molecule has 4 nitrogen and oxygen atoms in total. The summed E-state index contributed by atoms with van der Waals surface area (Å²) in [5.41, 5.74) is 3.11. The number of rotatable bonds is 2. The van der Waals surface area contributed by atoms with Crippen LogP contribution in [0.1, 0.15) is 32.2 Å². The summed E-state index contributed by atoms with van der Waals surface area (Å²) >= 11 is 0. The molecular formula is C12H18N4. The van der Waals surface area contributed by atoms with E-state index in [0.717, 1.165) is 23.5 Å². The molecule has 16 heavy (non-hydrogen) atoms. The molecule has 0 spiro atoms. The van der Waals surface area contributed by atoms with Crippen LogP contribution in [0.15, 0.2) is 12.3 Å². The quantitative estimate of drug-likeness (QED) is 0.812. The van der Waals surface area contributed by atoms with Gasteiger partial charge >= 0.3 is 0 Å². The summed E-state index contributed by atoms with van der Waals surface area (Å²) in [6.07, 6.45) is 1.79. The number of nitrogens with zero attached hydrogens (tertiary/aromatic N) is 2. The van der Waals surface area contributed by atoms with Gasteiger partial charge in [0.2, 0.25) is 0 Å². The lowest BCUT2D eigenvalue weighted by Gasteiger charge is -2.19. The number of aromatic amines is 1. The van der Waals surface area contributed by atoms with E-state index >= 15 is 0 Å². The molecule has 0 unspecified atom stereocenters. The minimum atomic E-state index is 0.0987. The van der Waals surface area contributed by atoms with E-state index in [4.69, 9.17) is 0 Å². The van der Waals surface area contributed by atoms with Crippen molar-refractivity contribution in [1.82, 2.24) is 20.3 Å². The van der Waals surface area contributed by atoms with E-state index in [1.165, 1.54) is 5.56 Å². The first-order valence-corrected chi connectivity index (χ1v) is 5.51. The van der Waals surface area contributed by atoms with Gasteiger partial charge in [0, 0.05) is 11.7 Å². The number of hydrogen-bond acceptors (Lipinski definition) is 3. The number of pyridine rings is 1. The molecule has 86 valence electrons. The Hall–Kier alpha value is -1.42. The molecule has 0 saturated heterocycles. The average molecular weight is 218 g/mol. The van der Waals surface area contributed by atoms with Crippen LogP contribution in [0.2, 0.25) is 0 Å². The second-order valence-electron chi connectivity index (χ2n) is 5.11. The molecular weight excluding hydrogens is 200 g/mol. The van der Waals surface area contributed by atoms with Gasteiger partial charge in [0.05, 0.1) is 12.1 Å². The third-order valence-electron chi connectivity index (χ3n) is 2.44. The van der Waals surface area contributed by atoms with Gasteiger partial charge in [-0.05, 0) is 39.3 Å². The molecule has 0 bridgehead atoms. The van der Waals surface area contributed by atoms with Gasteiger partial charge < -0.3 is 10.3 Å². The fourth-order valence-corrected chi connectivity index (χ4v) is 1.52. The van der Waals surface area contributed by atoms with Crippen molar-refractivity contribution in [2.24, 2.45) is 0 Å². The SMILES string of the molecule is Cc1ccnc2nc(CNC(C)(C)C)[nH]c12. The Labute approximate surface area is 95.5 Å². The number of aryl methyl sites for hydroxylation is 1. The molecule has 2 aromatic rings. The summed E-state index contributed by atoms with van der Waals surface area (Å²) in [5, 5.41) is 3.40. The third-order valence-corrected chi connectivity index (χ3v) is 2.44. The van der Waals surface area contributed by atoms with Crippen molar-refractivity contribution in [3.63, 3.8) is 0 Å². The summed E-state index contributed by atoms with van der Waals surface area (Å²) in [6.45, 7) is 9.21. The largest absolute Gasteiger partial charge is 0.339 e. The van der Waals surface area contributed by atoms with Crippen molar-refractivity contribution >= 4 is 11.2 Å². The Morgan fingerprint density at radius 2 is 2.12 bits per heavy atom. The van der Waals surface area contributed by atoms with Crippen molar-refractivity contribution in [2.75, 3.05) is 0 Å². The number of aromatic nitrogens is 3. The zero-order valence-corrected chi connectivity index (χ0v) is 10.3. The number of nitrogens with one attached hydrogen (secondary N) is 2. The summed E-state index contributed by atoms with van der Waals surface area (Å²) < 4.78 is 0. The van der Waals surface area contributed by atoms with E-state index < -0.39 is 0 Å². The molecule has 2 aromatic heterocycles. The zero-order chi connectivity index (χ0) is 11.8. The first kappa shape index (κ1) is 11.1. The maximum Gasteiger partial charge on any atom is 0.178 e. The average Bonchev–Trinajstić information content (AvgIpc) is 2.58. The lowest BCUT2D eigenvalue weighted by Crippen LogP contribution is -2.35. The van der Waals surface area contributed by atoms with Gasteiger partial charge in [-0.25, -0.2) is 9.97 Å². The van der Waals surface area contributed by atoms with Gasteiger partial charge in [-0.15, -0.1) is 0 Å². The predicted molar refractivity (Wildman–Crippen MR) is 65.2 cm³/mol. The standard InChI is InChI=1S/C12H18N4/c1-8-5-6-13-11-10(8)15-9(16-11)7-14-12(2,3)4/h5-6,14H,7H2,1-4H3,(H,13,15,16). The highest BCUT2D eigenvalue weighted by atomic mass is 15.0. The molecule has 0 aromatic carbocycles. The van der Waals surface area contributed by atoms with Crippen molar-refractivity contribution in [2.45, 2.75) is 39.8 Å². The Bertz CT molecular complexity index is 493. The van der Waals surface area contributed by atoms with Gasteiger partial charge in [-0.3, -0.25) is 0 Å². The fraction of sp³-hybridized carbons (Fsp3) is 0.500. The highest BCUT2D eigenvalue weighted by molar-refractivity contribution is 5.74. The Morgan fingerprint density at radius 1 is 1.38 bits per heavy atom. The number of imidazole rings is 1. The fourth-order valence-electron chi connectivity index (χ4n) is 1.52. The minimum absolute atomic E-state index is 0.0987. The first-order chi connectivity index (χ1) is 7.46. The van der Waals surface area contributed by atoms with Crippen LogP contribution in [0.5, 0.6) is 0 Å². The molecule has 2 heterocycles. The molecule has 4 heteroatoms. The molecule has 0 aliphatic heterocycles. The van der Waals surface area contributed by atoms with Crippen LogP contribution in [0.4, 0.5) is 0 Å². The van der Waals surface area contributed by atoms with Crippen LogP contribution in [0, 0.1) is 6.92 Å². The van der Waals surface area contributed by atoms with Crippen molar-refractivity contribution in [3.8, 4) is 0 Å². The lowest BCUT2D eigenvalue weighted by molar-refractivity contribution is 0.419. The molecule has 0 amide bonds. The zero-order valence-electron chi connectivity index (χ0n) is 10.3. The second kappa shape index (κ2) is 3.87. The van der Waals surface area contributed by atoms with Crippen LogP contribution in [0.3, 0.4) is 0 Å². The molecule has 0 fully saturated rings. The number of H-pyrrole nitrogens is 1. The maximum atomic E-state index is 4.45. The Kier molecular flexibility index (Phi) is 2.68. The highest BCUT2D eigenvalue weighted by Gasteiger charge is 2.11. The van der Waals surface area contributed by atoms with Gasteiger partial charge in [0.15, 0.2) is 5.65 Å². The van der Waals surface area contributed by atoms with Crippen LogP contribution >= 0.6 is 0 Å². The topological polar surface area (TPSA) is 53.6 Å². The number of fused-ring (bicyclic) bond motifs is 1. The minimum Gasteiger partial charge on any atom is -0.339 e. The Balaban J connectivity index is 2.24. The molecule has 0 aliphatic rings. The molecule has 0 aliphatic carbocycles. The van der Waals surface area contributed by atoms with E-state index in [9.17, 15) is 0 Å². The normalized spacial score (nSPS) is 12.2. The van der Waals surface area contributed by atoms with Gasteiger partial charge in [-0.1, -0.05) is 0 Å². The molecule has 0 atom stereocenters. The monoisotopic (exact) mass is 218 g/mol. The maximum absolute atomic E-state index is 4.45. The summed E-state index contributed by atoms with van der Waals surface area (Å²) in [7, 11) is 0. The van der Waals surface area contributed by atoms with Crippen LogP contribution in [-0.4, -0.2) is 20.5 Å². The summed E-state index contributed by atoms with van der Waals surface area (Å²) in [5.74, 6) is 0.937. The molecule has 2 N–H and O–H groups in total. The highest BCUT2D eigenvalue weighted by Crippen LogP contribution is 2.13. The summed E-state index contributed by atoms with van der Waals surface area (Å²) in [4.78, 5) is 12.0. The van der Waals surface area contributed by atoms with Crippen LogP contribution in [0.25, 0.3) is 11.2 Å². The molecule has 0 radical (unpaired) electrons. The van der Waals surface area contributed by atoms with Crippen LogP contribution in [-0.2, 0) is 6.54 Å². The van der Waals surface area contributed by atoms with Crippen molar-refractivity contribution in [3.05, 3.63) is 23.7 Å². The van der Waals surface area contributed by atoms with E-state index in [1.54, 1.807) is 6.20 Å². The van der Waals surface area contributed by atoms with E-state index in [0.29, 0.717) is 0 Å². The third kappa shape index (κ3) is 2.39. The van der Waals surface area contributed by atoms with E-state index in [2.05, 4.69) is 48.0 Å². The Morgan fingerprint density at radius 3 is 2.75 bits per heavy atom. The molecule has 0 saturated carbocycles. The smallest absolute Gasteiger partial charge is 0.178 e. The first-order valence-electron chi connectivity index (χ1n) is 5.51. The van der Waals surface area contributed by atoms with Gasteiger partial charge in [0.1, 0.15) is 5.82 Å². The second-order valence-corrected chi connectivity index (χ2v) is 5.11. The number of hydrogen-bond donors (Lipinski definition) is 2. The summed E-state index contributed by atoms with van der Waals surface area (Å²) in [6, 6.07) is 1.99. The van der Waals surface area contributed by atoms with Gasteiger partial charge in [0.25, 0.3) is 0 Å². The van der Waals surface area contributed by atoms with Crippen molar-refractivity contribution in [1.29, 1.82) is 0 Å². The van der Waals surface area contributed by atoms with Crippen LogP contribution < -0.4 is 5.32 Å². The lowest BCUT2D eigenvalue weighted by atomic mass is 10.1. The predicted octanol–water partition coefficient (Wildman–Crippen LogP) is 2.15. The van der Waals surface area contributed by atoms with E-state index in [-0.39, 0.29) is 5.54 Å². The molecule has 2 rings (SSSR count). The van der Waals surface area contributed by atoms with Crippen molar-refractivity contribution < 1.29 is 0 Å². The van der Waals surface area contributed by atoms with Gasteiger partial charge in [-0.2, -0.15) is 0 Å².